The molecule has 4 aromatic rings. The van der Waals surface area contributed by atoms with E-state index >= 15 is 0 Å². The number of anilines is 1. The van der Waals surface area contributed by atoms with E-state index in [1.54, 1.807) is 10.8 Å². The van der Waals surface area contributed by atoms with Crippen molar-refractivity contribution in [2.45, 2.75) is 19.5 Å². The summed E-state index contributed by atoms with van der Waals surface area (Å²) in [6.45, 7) is 2.29. The van der Waals surface area contributed by atoms with Crippen LogP contribution in [0.25, 0.3) is 11.0 Å². The molecule has 0 saturated heterocycles. The summed E-state index contributed by atoms with van der Waals surface area (Å²) in [6, 6.07) is 9.55. The summed E-state index contributed by atoms with van der Waals surface area (Å²) in [5.41, 5.74) is 0.229. The third-order valence-corrected chi connectivity index (χ3v) is 4.91. The van der Waals surface area contributed by atoms with E-state index < -0.39 is 11.1 Å². The van der Waals surface area contributed by atoms with E-state index in [1.807, 2.05) is 42.6 Å². The van der Waals surface area contributed by atoms with Crippen molar-refractivity contribution in [1.29, 1.82) is 0 Å². The maximum atomic E-state index is 12.7. The second-order valence-corrected chi connectivity index (χ2v) is 6.97. The Morgan fingerprint density at radius 1 is 1.22 bits per heavy atom. The van der Waals surface area contributed by atoms with Crippen LogP contribution in [0.3, 0.4) is 0 Å². The van der Waals surface area contributed by atoms with Crippen LogP contribution in [0.1, 0.15) is 23.5 Å². The zero-order chi connectivity index (χ0) is 18.8. The zero-order valence-electron chi connectivity index (χ0n) is 14.4. The van der Waals surface area contributed by atoms with Gasteiger partial charge in [-0.1, -0.05) is 30.3 Å². The van der Waals surface area contributed by atoms with E-state index in [0.717, 1.165) is 10.6 Å². The Bertz CT molecular complexity index is 1180. The molecule has 0 radical (unpaired) electrons. The molecule has 4 rings (SSSR count). The predicted molar refractivity (Wildman–Crippen MR) is 104 cm³/mol. The molecule has 0 bridgehead atoms. The van der Waals surface area contributed by atoms with Gasteiger partial charge in [0, 0.05) is 11.6 Å². The summed E-state index contributed by atoms with van der Waals surface area (Å²) < 4.78 is 1.61. The Morgan fingerprint density at radius 2 is 2.04 bits per heavy atom. The number of thiazole rings is 1. The van der Waals surface area contributed by atoms with Gasteiger partial charge in [0.1, 0.15) is 10.5 Å². The van der Waals surface area contributed by atoms with Gasteiger partial charge in [-0.15, -0.1) is 11.3 Å². The summed E-state index contributed by atoms with van der Waals surface area (Å²) in [5, 5.41) is 5.75. The van der Waals surface area contributed by atoms with Crippen LogP contribution in [0.4, 0.5) is 5.95 Å². The van der Waals surface area contributed by atoms with Crippen molar-refractivity contribution in [2.75, 3.05) is 5.32 Å². The molecule has 3 aromatic heterocycles. The van der Waals surface area contributed by atoms with E-state index in [1.165, 1.54) is 17.7 Å². The molecular formula is C18H16N6O2S. The molecular weight excluding hydrogens is 364 g/mol. The third kappa shape index (κ3) is 3.49. The number of rotatable bonds is 5. The van der Waals surface area contributed by atoms with Crippen molar-refractivity contribution >= 4 is 28.3 Å². The monoisotopic (exact) mass is 380 g/mol. The molecule has 136 valence electrons. The highest BCUT2D eigenvalue weighted by molar-refractivity contribution is 7.09. The van der Waals surface area contributed by atoms with E-state index in [2.05, 4.69) is 25.3 Å². The van der Waals surface area contributed by atoms with Gasteiger partial charge < -0.3 is 9.88 Å². The average molecular weight is 380 g/mol. The highest BCUT2D eigenvalue weighted by atomic mass is 32.1. The first kappa shape index (κ1) is 17.1. The lowest BCUT2D eigenvalue weighted by Crippen LogP contribution is -2.14. The lowest BCUT2D eigenvalue weighted by Gasteiger charge is -2.13. The third-order valence-electron chi connectivity index (χ3n) is 4.14. The normalized spacial score (nSPS) is 12.2. The van der Waals surface area contributed by atoms with Gasteiger partial charge in [0.25, 0.3) is 5.56 Å². The zero-order valence-corrected chi connectivity index (χ0v) is 15.2. The van der Waals surface area contributed by atoms with Crippen molar-refractivity contribution < 1.29 is 0 Å². The Kier molecular flexibility index (Phi) is 4.51. The fraction of sp³-hybridized carbons (Fsp3) is 0.167. The van der Waals surface area contributed by atoms with Gasteiger partial charge in [0.2, 0.25) is 5.95 Å². The molecule has 3 heterocycles. The molecule has 0 aliphatic heterocycles. The molecule has 0 amide bonds. The molecule has 1 atom stereocenters. The summed E-state index contributed by atoms with van der Waals surface area (Å²) in [6.07, 6.45) is 3.15. The summed E-state index contributed by atoms with van der Waals surface area (Å²) in [4.78, 5) is 40.2. The molecule has 0 aliphatic carbocycles. The van der Waals surface area contributed by atoms with Crippen molar-refractivity contribution in [2.24, 2.45) is 0 Å². The van der Waals surface area contributed by atoms with Gasteiger partial charge in [0.15, 0.2) is 5.52 Å². The molecule has 0 saturated carbocycles. The van der Waals surface area contributed by atoms with Gasteiger partial charge in [-0.25, -0.2) is 9.97 Å². The van der Waals surface area contributed by atoms with E-state index in [-0.39, 0.29) is 23.0 Å². The van der Waals surface area contributed by atoms with Crippen molar-refractivity contribution in [3.63, 3.8) is 0 Å². The molecule has 8 nitrogen and oxygen atoms in total. The van der Waals surface area contributed by atoms with Gasteiger partial charge >= 0.3 is 5.56 Å². The van der Waals surface area contributed by atoms with Crippen molar-refractivity contribution in [1.82, 2.24) is 24.5 Å². The molecule has 1 aromatic carbocycles. The Labute approximate surface area is 157 Å². The van der Waals surface area contributed by atoms with Gasteiger partial charge in [0.05, 0.1) is 18.9 Å². The maximum Gasteiger partial charge on any atom is 0.301 e. The molecule has 9 heteroatoms. The fourth-order valence-corrected chi connectivity index (χ4v) is 3.44. The van der Waals surface area contributed by atoms with Crippen LogP contribution in [0, 0.1) is 0 Å². The molecule has 0 fully saturated rings. The predicted octanol–water partition coefficient (Wildman–Crippen LogP) is 2.16. The molecule has 2 N–H and O–H groups in total. The first-order valence-corrected chi connectivity index (χ1v) is 9.19. The number of aromatic amines is 1. The Balaban J connectivity index is 1.74. The summed E-state index contributed by atoms with van der Waals surface area (Å²) in [5.74, 6) is 0.111. The van der Waals surface area contributed by atoms with Crippen LogP contribution in [0.15, 0.2) is 57.8 Å². The molecule has 0 aliphatic rings. The quantitative estimate of drug-likeness (QED) is 0.550. The van der Waals surface area contributed by atoms with Crippen molar-refractivity contribution in [3.8, 4) is 0 Å². The number of H-pyrrole nitrogens is 1. The first-order chi connectivity index (χ1) is 13.1. The second kappa shape index (κ2) is 7.12. The number of imidazole rings is 1. The van der Waals surface area contributed by atoms with Gasteiger partial charge in [-0.3, -0.25) is 14.6 Å². The first-order valence-electron chi connectivity index (χ1n) is 8.31. The highest BCUT2D eigenvalue weighted by Gasteiger charge is 2.14. The van der Waals surface area contributed by atoms with Gasteiger partial charge in [-0.05, 0) is 12.5 Å². The smallest absolute Gasteiger partial charge is 0.301 e. The van der Waals surface area contributed by atoms with Crippen LogP contribution >= 0.6 is 11.3 Å². The lowest BCUT2D eigenvalue weighted by atomic mass is 10.1. The molecule has 0 spiro atoms. The fourth-order valence-electron chi connectivity index (χ4n) is 2.82. The van der Waals surface area contributed by atoms with E-state index in [0.29, 0.717) is 6.54 Å². The molecule has 0 unspecified atom stereocenters. The number of hydrogen-bond donors (Lipinski definition) is 2. The minimum absolute atomic E-state index is 0.0354. The van der Waals surface area contributed by atoms with E-state index in [4.69, 9.17) is 0 Å². The maximum absolute atomic E-state index is 12.7. The van der Waals surface area contributed by atoms with Crippen LogP contribution in [0.5, 0.6) is 0 Å². The van der Waals surface area contributed by atoms with Crippen LogP contribution in [0.2, 0.25) is 0 Å². The topological polar surface area (TPSA) is 106 Å². The van der Waals surface area contributed by atoms with E-state index in [9.17, 15) is 9.59 Å². The molecule has 27 heavy (non-hydrogen) atoms. The van der Waals surface area contributed by atoms with Crippen LogP contribution in [-0.4, -0.2) is 24.5 Å². The summed E-state index contributed by atoms with van der Waals surface area (Å²) in [7, 11) is 0. The number of nitrogens with one attached hydrogen (secondary N) is 2. The van der Waals surface area contributed by atoms with Gasteiger partial charge in [-0.2, -0.15) is 4.98 Å². The van der Waals surface area contributed by atoms with Crippen LogP contribution < -0.4 is 16.4 Å². The number of benzene rings is 1. The Morgan fingerprint density at radius 3 is 2.78 bits per heavy atom. The lowest BCUT2D eigenvalue weighted by molar-refractivity contribution is 0.811. The summed E-state index contributed by atoms with van der Waals surface area (Å²) >= 11 is 1.47. The van der Waals surface area contributed by atoms with Crippen molar-refractivity contribution in [3.05, 3.63) is 79.5 Å². The highest BCUT2D eigenvalue weighted by Crippen LogP contribution is 2.15. The minimum Gasteiger partial charge on any atom is -0.349 e. The number of hydrogen-bond acceptors (Lipinski definition) is 7. The SMILES string of the molecule is C[C@@H](Nc1nc(=O)c2ncn(Cc3nccs3)c2c(=O)[nH]1)c1ccccc1. The minimum atomic E-state index is -0.566. The Hall–Kier alpha value is -3.33. The number of nitrogens with zero attached hydrogens (tertiary/aromatic N) is 4. The average Bonchev–Trinajstić information content (AvgIpc) is 3.30. The van der Waals surface area contributed by atoms with Crippen LogP contribution in [-0.2, 0) is 6.54 Å². The number of aromatic nitrogens is 5. The largest absolute Gasteiger partial charge is 0.349 e. The second-order valence-electron chi connectivity index (χ2n) is 5.99. The number of fused-ring (bicyclic) bond motifs is 1. The standard InChI is InChI=1S/C18H16N6O2S/c1-11(12-5-3-2-4-6-12)21-18-22-16(25)14-15(17(26)23-18)24(10-20-14)9-13-19-7-8-27-13/h2-8,10-11H,9H2,1H3,(H2,21,22,23,25,26)/t11-/m1/s1.